The molecule has 5 nitrogen and oxygen atoms in total. The highest BCUT2D eigenvalue weighted by atomic mass is 16.5. The van der Waals surface area contributed by atoms with Crippen molar-refractivity contribution in [1.82, 2.24) is 8.97 Å². The van der Waals surface area contributed by atoms with Crippen LogP contribution >= 0.6 is 0 Å². The molecule has 5 aromatic heterocycles. The Hall–Kier alpha value is -6.72. The van der Waals surface area contributed by atoms with Crippen molar-refractivity contribution in [2.45, 2.75) is 18.5 Å². The van der Waals surface area contributed by atoms with Crippen molar-refractivity contribution < 1.29 is 13.9 Å². The molecule has 0 amide bonds. The van der Waals surface area contributed by atoms with Crippen LogP contribution in [0.2, 0.25) is 0 Å². The van der Waals surface area contributed by atoms with Gasteiger partial charge in [-0.1, -0.05) is 72.8 Å². The molecule has 1 spiro atoms. The third-order valence-corrected chi connectivity index (χ3v) is 13.1. The first-order valence-corrected chi connectivity index (χ1v) is 18.3. The van der Waals surface area contributed by atoms with E-state index in [2.05, 4.69) is 152 Å². The standard InChI is InChI=1S/C47H26N4O/c1-3-15-33-27(11-1)28-20-22-35-42-44(28)49(33)36-17-5-6-24-48(36)47(42)41-29-12-2-4-16-34(29)50-43-31-14-8-10-26-19-18-25-9-7-13-30(38(25)39(26)31)40(43)32-21-23-37(52-35)51(47)45(32)46(41)50/h1-9,11-17,19-24H,10,18H2/q+2. The minimum Gasteiger partial charge on any atom is -0.404 e. The van der Waals surface area contributed by atoms with Crippen LogP contribution in [-0.2, 0) is 12.1 Å². The molecule has 238 valence electrons. The van der Waals surface area contributed by atoms with E-state index in [0.717, 1.165) is 30.3 Å². The van der Waals surface area contributed by atoms with Crippen LogP contribution in [-0.4, -0.2) is 8.97 Å². The summed E-state index contributed by atoms with van der Waals surface area (Å²) >= 11 is 0. The maximum Gasteiger partial charge on any atom is 0.378 e. The van der Waals surface area contributed by atoms with E-state index in [0.29, 0.717) is 0 Å². The summed E-state index contributed by atoms with van der Waals surface area (Å²) in [6, 6.07) is 40.7. The summed E-state index contributed by atoms with van der Waals surface area (Å²) in [6.45, 7) is 0. The summed E-state index contributed by atoms with van der Waals surface area (Å²) in [6.07, 6.45) is 11.5. The lowest BCUT2D eigenvalue weighted by Crippen LogP contribution is -2.76. The van der Waals surface area contributed by atoms with Crippen LogP contribution in [0, 0.1) is 0 Å². The summed E-state index contributed by atoms with van der Waals surface area (Å²) in [7, 11) is 0. The van der Waals surface area contributed by atoms with Crippen molar-refractivity contribution in [3.05, 3.63) is 155 Å². The van der Waals surface area contributed by atoms with Gasteiger partial charge in [0.1, 0.15) is 16.6 Å². The third kappa shape index (κ3) is 2.35. The van der Waals surface area contributed by atoms with Gasteiger partial charge < -0.3 is 9.14 Å². The van der Waals surface area contributed by atoms with Crippen molar-refractivity contribution in [2.24, 2.45) is 0 Å². The summed E-state index contributed by atoms with van der Waals surface area (Å²) in [5.74, 6) is 2.92. The van der Waals surface area contributed by atoms with Gasteiger partial charge in [-0.15, -0.1) is 4.57 Å². The molecule has 5 heteroatoms. The van der Waals surface area contributed by atoms with Gasteiger partial charge in [0.15, 0.2) is 16.8 Å². The average molecular weight is 663 g/mol. The average Bonchev–Trinajstić information content (AvgIpc) is 3.84. The maximum atomic E-state index is 7.09. The second-order valence-corrected chi connectivity index (χ2v) is 15.1. The quantitative estimate of drug-likeness (QED) is 0.117. The Morgan fingerprint density at radius 1 is 0.635 bits per heavy atom. The lowest BCUT2D eigenvalue weighted by molar-refractivity contribution is -0.958. The van der Waals surface area contributed by atoms with E-state index in [1.54, 1.807) is 0 Å². The fourth-order valence-electron chi connectivity index (χ4n) is 11.4. The van der Waals surface area contributed by atoms with Gasteiger partial charge in [-0.3, -0.25) is 0 Å². The van der Waals surface area contributed by atoms with E-state index in [1.165, 1.54) is 104 Å². The molecule has 0 N–H and O–H groups in total. The van der Waals surface area contributed by atoms with E-state index in [1.807, 2.05) is 0 Å². The molecule has 10 aromatic rings. The van der Waals surface area contributed by atoms with E-state index in [-0.39, 0.29) is 0 Å². The van der Waals surface area contributed by atoms with Crippen molar-refractivity contribution in [1.29, 1.82) is 0 Å². The number of benzene rings is 5. The van der Waals surface area contributed by atoms with Crippen LogP contribution in [0.25, 0.3) is 88.3 Å². The smallest absolute Gasteiger partial charge is 0.378 e. The van der Waals surface area contributed by atoms with Crippen LogP contribution in [0.1, 0.15) is 34.2 Å². The second-order valence-electron chi connectivity index (χ2n) is 15.1. The zero-order valence-corrected chi connectivity index (χ0v) is 27.8. The lowest BCUT2D eigenvalue weighted by atomic mass is 9.79. The fourth-order valence-corrected chi connectivity index (χ4v) is 11.4. The number of pyridine rings is 3. The summed E-state index contributed by atoms with van der Waals surface area (Å²) < 4.78 is 17.3. The molecule has 1 unspecified atom stereocenters. The highest BCUT2D eigenvalue weighted by Gasteiger charge is 2.68. The molecule has 0 saturated carbocycles. The molecule has 1 atom stereocenters. The Balaban J connectivity index is 1.30. The van der Waals surface area contributed by atoms with Crippen molar-refractivity contribution in [2.75, 3.05) is 0 Å². The molecule has 8 heterocycles. The second kappa shape index (κ2) is 7.93. The largest absolute Gasteiger partial charge is 0.404 e. The van der Waals surface area contributed by atoms with Gasteiger partial charge in [-0.05, 0) is 82.8 Å². The van der Waals surface area contributed by atoms with Crippen LogP contribution in [0.4, 0.5) is 0 Å². The van der Waals surface area contributed by atoms with E-state index in [4.69, 9.17) is 4.74 Å². The molecule has 2 aliphatic carbocycles. The third-order valence-electron chi connectivity index (χ3n) is 13.1. The Morgan fingerprint density at radius 3 is 2.44 bits per heavy atom. The van der Waals surface area contributed by atoms with E-state index in [9.17, 15) is 0 Å². The van der Waals surface area contributed by atoms with Crippen LogP contribution < -0.4 is 13.9 Å². The number of para-hydroxylation sites is 2. The molecule has 52 heavy (non-hydrogen) atoms. The number of nitrogens with zero attached hydrogens (tertiary/aromatic N) is 4. The molecule has 5 aromatic carbocycles. The number of aromatic nitrogens is 4. The Bertz CT molecular complexity index is 3560. The minimum atomic E-state index is -0.729. The Morgan fingerprint density at radius 2 is 1.48 bits per heavy atom. The number of fused-ring (bicyclic) bond motifs is 13. The monoisotopic (exact) mass is 662 g/mol. The predicted molar refractivity (Wildman–Crippen MR) is 206 cm³/mol. The Kier molecular flexibility index (Phi) is 3.85. The summed E-state index contributed by atoms with van der Waals surface area (Å²) in [5, 5.41) is 9.12. The van der Waals surface area contributed by atoms with Crippen LogP contribution in [0.5, 0.6) is 11.6 Å². The van der Waals surface area contributed by atoms with Gasteiger partial charge in [-0.25, -0.2) is 0 Å². The fraction of sp³-hybridized carbons (Fsp3) is 0.0638. The van der Waals surface area contributed by atoms with Crippen LogP contribution in [0.15, 0.2) is 128 Å². The SMILES string of the molecule is C1=Cc2c3c4c(cccc4c4c5ccc6[n+]7c5c5c(c8ccccc8n5c24)C72c4c(ccc5c7ccccc7n(c45)-c4cccc[n+]42)O6)CC=C3C1. The topological polar surface area (TPSA) is 26.3 Å². The van der Waals surface area contributed by atoms with E-state index >= 15 is 0 Å². The first kappa shape index (κ1) is 25.3. The molecule has 0 radical (unpaired) electrons. The Labute approximate surface area is 295 Å². The number of ether oxygens (including phenoxy) is 1. The number of hydrogen-bond donors (Lipinski definition) is 0. The zero-order valence-electron chi connectivity index (χ0n) is 27.8. The highest BCUT2D eigenvalue weighted by Crippen LogP contribution is 2.57. The van der Waals surface area contributed by atoms with Gasteiger partial charge in [0.2, 0.25) is 5.52 Å². The summed E-state index contributed by atoms with van der Waals surface area (Å²) in [4.78, 5) is 0. The first-order valence-electron chi connectivity index (χ1n) is 18.3. The number of hydrogen-bond acceptors (Lipinski definition) is 1. The van der Waals surface area contributed by atoms with Gasteiger partial charge in [0.25, 0.3) is 5.82 Å². The van der Waals surface area contributed by atoms with Gasteiger partial charge in [-0.2, -0.15) is 9.13 Å². The lowest BCUT2D eigenvalue weighted by Gasteiger charge is -2.33. The number of allylic oxidation sites excluding steroid dienone is 3. The summed E-state index contributed by atoms with van der Waals surface area (Å²) in [5.41, 5.74) is 14.9. The minimum absolute atomic E-state index is 0.729. The highest BCUT2D eigenvalue weighted by molar-refractivity contribution is 6.28. The molecular weight excluding hydrogens is 637 g/mol. The van der Waals surface area contributed by atoms with Crippen LogP contribution in [0.3, 0.4) is 0 Å². The van der Waals surface area contributed by atoms with Crippen molar-refractivity contribution in [3.63, 3.8) is 0 Å². The molecule has 5 aliphatic rings. The zero-order chi connectivity index (χ0) is 33.2. The van der Waals surface area contributed by atoms with Gasteiger partial charge in [0.05, 0.1) is 28.7 Å². The molecule has 0 fully saturated rings. The van der Waals surface area contributed by atoms with Crippen molar-refractivity contribution in [3.8, 4) is 17.4 Å². The molecule has 0 saturated heterocycles. The van der Waals surface area contributed by atoms with E-state index < -0.39 is 5.66 Å². The van der Waals surface area contributed by atoms with Gasteiger partial charge in [0, 0.05) is 33.2 Å². The predicted octanol–water partition coefficient (Wildman–Crippen LogP) is 9.61. The van der Waals surface area contributed by atoms with Gasteiger partial charge >= 0.3 is 11.5 Å². The molecule has 15 rings (SSSR count). The maximum absolute atomic E-state index is 7.09. The normalized spacial score (nSPS) is 18.1. The molecular formula is C47H26N4O+2. The molecule has 0 bridgehead atoms. The van der Waals surface area contributed by atoms with Crippen molar-refractivity contribution >= 4 is 82.5 Å². The molecule has 3 aliphatic heterocycles. The first-order chi connectivity index (χ1) is 25.8. The number of rotatable bonds is 0.